The summed E-state index contributed by atoms with van der Waals surface area (Å²) in [4.78, 5) is 37.0. The van der Waals surface area contributed by atoms with E-state index in [0.717, 1.165) is 28.8 Å². The number of methoxy groups -OCH3 is 1. The molecule has 0 radical (unpaired) electrons. The zero-order valence-electron chi connectivity index (χ0n) is 23.2. The summed E-state index contributed by atoms with van der Waals surface area (Å²) >= 11 is 0. The second kappa shape index (κ2) is 13.0. The van der Waals surface area contributed by atoms with Gasteiger partial charge in [0.05, 0.1) is 13.2 Å². The number of rotatable bonds is 11. The van der Waals surface area contributed by atoms with E-state index in [2.05, 4.69) is 17.0 Å². The molecule has 2 aromatic heterocycles. The molecule has 0 aliphatic rings. The quantitative estimate of drug-likeness (QED) is 0.226. The maximum Gasteiger partial charge on any atom is 0.410 e. The Balaban J connectivity index is 1.78. The van der Waals surface area contributed by atoms with Gasteiger partial charge in [-0.1, -0.05) is 19.9 Å². The smallest absolute Gasteiger partial charge is 0.410 e. The molecule has 0 saturated heterocycles. The van der Waals surface area contributed by atoms with Crippen molar-refractivity contribution >= 4 is 28.9 Å². The lowest BCUT2D eigenvalue weighted by Gasteiger charge is -2.12. The van der Waals surface area contributed by atoms with Crippen LogP contribution in [-0.2, 0) is 11.8 Å². The Morgan fingerprint density at radius 1 is 1.21 bits per heavy atom. The molecule has 3 aromatic rings. The van der Waals surface area contributed by atoms with E-state index in [1.807, 2.05) is 49.7 Å². The van der Waals surface area contributed by atoms with Crippen molar-refractivity contribution in [1.82, 2.24) is 9.88 Å². The van der Waals surface area contributed by atoms with Gasteiger partial charge < -0.3 is 23.6 Å². The summed E-state index contributed by atoms with van der Waals surface area (Å²) in [6.45, 7) is 7.52. The number of nitrogens with one attached hydrogen (secondary N) is 1. The van der Waals surface area contributed by atoms with Gasteiger partial charge in [-0.05, 0) is 69.0 Å². The first-order chi connectivity index (χ1) is 18.5. The number of carbonyl (C=O) groups is 2. The summed E-state index contributed by atoms with van der Waals surface area (Å²) in [5.74, 6) is -0.191. The fourth-order valence-electron chi connectivity index (χ4n) is 4.07. The lowest BCUT2D eigenvalue weighted by atomic mass is 9.99. The summed E-state index contributed by atoms with van der Waals surface area (Å²) in [5.41, 5.74) is 0.727. The topological polar surface area (TPSA) is 120 Å². The van der Waals surface area contributed by atoms with Crippen molar-refractivity contribution < 1.29 is 28.6 Å². The van der Waals surface area contributed by atoms with Gasteiger partial charge in [0.1, 0.15) is 22.8 Å². The van der Waals surface area contributed by atoms with Crippen LogP contribution in [0.2, 0.25) is 0 Å². The highest BCUT2D eigenvalue weighted by Crippen LogP contribution is 2.28. The van der Waals surface area contributed by atoms with Gasteiger partial charge in [0.25, 0.3) is 0 Å². The summed E-state index contributed by atoms with van der Waals surface area (Å²) in [6, 6.07) is 9.10. The van der Waals surface area contributed by atoms with E-state index in [-0.39, 0.29) is 23.4 Å². The number of hydrogen-bond acceptors (Lipinski definition) is 7. The molecule has 0 spiro atoms. The number of nitrogens with zero attached hydrogens (tertiary/aromatic N) is 1. The van der Waals surface area contributed by atoms with Crippen LogP contribution in [-0.4, -0.2) is 34.8 Å². The van der Waals surface area contributed by atoms with Crippen LogP contribution in [0, 0.1) is 0 Å². The number of fused-ring (bicyclic) bond motifs is 1. The molecule has 208 valence electrons. The first-order valence-electron chi connectivity index (χ1n) is 12.9. The van der Waals surface area contributed by atoms with Gasteiger partial charge in [0, 0.05) is 41.8 Å². The van der Waals surface area contributed by atoms with Crippen molar-refractivity contribution in [2.24, 2.45) is 7.05 Å². The van der Waals surface area contributed by atoms with Crippen LogP contribution in [0.1, 0.15) is 74.7 Å². The zero-order chi connectivity index (χ0) is 28.7. The lowest BCUT2D eigenvalue weighted by Crippen LogP contribution is -2.17. The Labute approximate surface area is 227 Å². The first kappa shape index (κ1) is 29.3. The lowest BCUT2D eigenvalue weighted by molar-refractivity contribution is 0.102. The van der Waals surface area contributed by atoms with Gasteiger partial charge in [0.2, 0.25) is 0 Å². The molecule has 0 aliphatic heterocycles. The van der Waals surface area contributed by atoms with E-state index in [0.29, 0.717) is 12.8 Å². The molecule has 39 heavy (non-hydrogen) atoms. The van der Waals surface area contributed by atoms with Crippen LogP contribution < -0.4 is 15.7 Å². The number of ketones is 1. The number of Topliss-reactive ketones (excluding diaryl/α,β-unsaturated/α-hetero) is 1. The molecule has 2 heterocycles. The zero-order valence-corrected chi connectivity index (χ0v) is 23.2. The van der Waals surface area contributed by atoms with Crippen LogP contribution in [0.15, 0.2) is 57.4 Å². The number of alkyl carbamates (subject to hydrolysis) is 1. The number of benzene rings is 1. The Bertz CT molecular complexity index is 1460. The minimum atomic E-state index is -0.888. The fourth-order valence-corrected chi connectivity index (χ4v) is 4.07. The second-order valence-corrected chi connectivity index (χ2v) is 9.56. The highest BCUT2D eigenvalue weighted by Gasteiger charge is 2.22. The Morgan fingerprint density at radius 2 is 1.95 bits per heavy atom. The minimum Gasteiger partial charge on any atom is -0.507 e. The predicted molar refractivity (Wildman–Crippen MR) is 150 cm³/mol. The molecular weight excluding hydrogens is 500 g/mol. The summed E-state index contributed by atoms with van der Waals surface area (Å²) < 4.78 is 17.8. The van der Waals surface area contributed by atoms with E-state index in [1.54, 1.807) is 19.1 Å². The molecule has 2 unspecified atom stereocenters. The highest BCUT2D eigenvalue weighted by molar-refractivity contribution is 6.12. The summed E-state index contributed by atoms with van der Waals surface area (Å²) in [7, 11) is 3.17. The van der Waals surface area contributed by atoms with Gasteiger partial charge in [-0.25, -0.2) is 9.59 Å². The van der Waals surface area contributed by atoms with Crippen molar-refractivity contribution in [3.8, 4) is 11.5 Å². The van der Waals surface area contributed by atoms with Gasteiger partial charge in [-0.3, -0.25) is 10.1 Å². The van der Waals surface area contributed by atoms with E-state index in [9.17, 15) is 19.5 Å². The molecule has 0 saturated carbocycles. The number of aryl methyl sites for hydroxylation is 1. The summed E-state index contributed by atoms with van der Waals surface area (Å²) in [6.07, 6.45) is 6.49. The standard InChI is InChI=1S/C30H36N2O7/c1-7-20(4)38-23-11-12-24-21(16-23)15-22(32(24)5)14-19(3)28(34)27-25(33)17-26(39-29(27)35)18(2)10-8-9-13-31-30(36)37-6/h9,11-18,20,33H,7-8,10H2,1-6H3,(H,31,36)/b13-9+,19-14+. The predicted octanol–water partition coefficient (Wildman–Crippen LogP) is 6.05. The molecule has 9 nitrogen and oxygen atoms in total. The molecule has 1 aromatic carbocycles. The molecule has 0 aliphatic carbocycles. The SMILES string of the molecule is CCC(C)Oc1ccc2c(c1)cc(/C=C(\C)C(=O)c1c(O)cc(C(C)CC/C=C/NC(=O)OC)oc1=O)n2C. The number of amides is 1. The van der Waals surface area contributed by atoms with E-state index in [4.69, 9.17) is 9.15 Å². The molecule has 9 heteroatoms. The number of allylic oxidation sites excluding steroid dienone is 2. The Hall–Kier alpha value is -4.27. The average molecular weight is 537 g/mol. The third-order valence-electron chi connectivity index (χ3n) is 6.62. The van der Waals surface area contributed by atoms with Crippen LogP contribution in [0.5, 0.6) is 11.5 Å². The van der Waals surface area contributed by atoms with E-state index < -0.39 is 28.8 Å². The Kier molecular flexibility index (Phi) is 9.76. The number of aromatic nitrogens is 1. The van der Waals surface area contributed by atoms with Crippen LogP contribution in [0.25, 0.3) is 17.0 Å². The van der Waals surface area contributed by atoms with Gasteiger partial charge in [-0.15, -0.1) is 0 Å². The van der Waals surface area contributed by atoms with Crippen molar-refractivity contribution in [2.45, 2.75) is 59.0 Å². The molecule has 2 N–H and O–H groups in total. The third-order valence-corrected chi connectivity index (χ3v) is 6.62. The van der Waals surface area contributed by atoms with Crippen molar-refractivity contribution in [3.63, 3.8) is 0 Å². The van der Waals surface area contributed by atoms with Crippen molar-refractivity contribution in [1.29, 1.82) is 0 Å². The molecular formula is C30H36N2O7. The van der Waals surface area contributed by atoms with Crippen LogP contribution >= 0.6 is 0 Å². The third kappa shape index (κ3) is 7.19. The fraction of sp³-hybridized carbons (Fsp3) is 0.367. The maximum absolute atomic E-state index is 13.2. The number of aromatic hydroxyl groups is 1. The molecule has 3 rings (SSSR count). The van der Waals surface area contributed by atoms with E-state index in [1.165, 1.54) is 19.4 Å². The first-order valence-corrected chi connectivity index (χ1v) is 12.9. The maximum atomic E-state index is 13.2. The minimum absolute atomic E-state index is 0.103. The van der Waals surface area contributed by atoms with Crippen LogP contribution in [0.4, 0.5) is 4.79 Å². The van der Waals surface area contributed by atoms with Gasteiger partial charge in [0.15, 0.2) is 5.78 Å². The average Bonchev–Trinajstić information content (AvgIpc) is 3.21. The molecule has 0 bridgehead atoms. The second-order valence-electron chi connectivity index (χ2n) is 9.56. The van der Waals surface area contributed by atoms with Gasteiger partial charge in [-0.2, -0.15) is 0 Å². The number of hydrogen-bond donors (Lipinski definition) is 2. The Morgan fingerprint density at radius 3 is 2.62 bits per heavy atom. The number of ether oxygens (including phenoxy) is 2. The number of carbonyl (C=O) groups excluding carboxylic acids is 2. The van der Waals surface area contributed by atoms with Crippen molar-refractivity contribution in [2.75, 3.05) is 7.11 Å². The molecule has 0 fully saturated rings. The summed E-state index contributed by atoms with van der Waals surface area (Å²) in [5, 5.41) is 14.0. The highest BCUT2D eigenvalue weighted by atomic mass is 16.5. The monoisotopic (exact) mass is 536 g/mol. The van der Waals surface area contributed by atoms with Gasteiger partial charge >= 0.3 is 11.7 Å². The molecule has 2 atom stereocenters. The van der Waals surface area contributed by atoms with Crippen molar-refractivity contribution in [3.05, 3.63) is 75.6 Å². The largest absolute Gasteiger partial charge is 0.507 e. The molecule has 1 amide bonds. The van der Waals surface area contributed by atoms with E-state index >= 15 is 0 Å². The van der Waals surface area contributed by atoms with Crippen LogP contribution in [0.3, 0.4) is 0 Å². The normalized spacial score (nSPS) is 13.4.